The normalized spacial score (nSPS) is 20.2. The molecule has 1 saturated carbocycles. The summed E-state index contributed by atoms with van der Waals surface area (Å²) in [5, 5.41) is 4.08. The molecule has 2 N–H and O–H groups in total. The van der Waals surface area contributed by atoms with Crippen LogP contribution in [-0.2, 0) is 19.2 Å². The van der Waals surface area contributed by atoms with Gasteiger partial charge < -0.3 is 0 Å². The van der Waals surface area contributed by atoms with E-state index in [2.05, 4.69) is 10.9 Å². The lowest BCUT2D eigenvalue weighted by Gasteiger charge is -2.56. The Hall–Kier alpha value is -5.45. The van der Waals surface area contributed by atoms with Crippen LogP contribution in [0.2, 0.25) is 0 Å². The number of nitrogens with zero attached hydrogens (tertiary/aromatic N) is 6. The number of benzene rings is 4. The highest BCUT2D eigenvalue weighted by Gasteiger charge is 2.54. The minimum absolute atomic E-state index is 0.0615. The van der Waals surface area contributed by atoms with Crippen molar-refractivity contribution < 1.29 is 19.2 Å². The van der Waals surface area contributed by atoms with Gasteiger partial charge >= 0.3 is 0 Å². The number of amides is 4. The molecule has 57 heavy (non-hydrogen) atoms. The van der Waals surface area contributed by atoms with Crippen LogP contribution in [0.15, 0.2) is 121 Å². The first-order valence-corrected chi connectivity index (χ1v) is 20.2. The summed E-state index contributed by atoms with van der Waals surface area (Å²) in [5.41, 5.74) is 7.86. The van der Waals surface area contributed by atoms with E-state index in [0.717, 1.165) is 25.7 Å². The van der Waals surface area contributed by atoms with Crippen molar-refractivity contribution in [3.8, 4) is 0 Å². The van der Waals surface area contributed by atoms with Gasteiger partial charge in [0.15, 0.2) is 15.3 Å². The van der Waals surface area contributed by atoms with Gasteiger partial charge in [-0.2, -0.15) is 10.0 Å². The van der Waals surface area contributed by atoms with Gasteiger partial charge in [-0.15, -0.1) is 0 Å². The van der Waals surface area contributed by atoms with E-state index < -0.39 is 41.1 Å². The van der Waals surface area contributed by atoms with Crippen LogP contribution in [0.3, 0.4) is 0 Å². The molecule has 3 heterocycles. The third-order valence-electron chi connectivity index (χ3n) is 11.0. The summed E-state index contributed by atoms with van der Waals surface area (Å²) < 4.78 is 0. The molecule has 0 atom stereocenters. The summed E-state index contributed by atoms with van der Waals surface area (Å²) in [6.07, 6.45) is 4.74. The van der Waals surface area contributed by atoms with Crippen LogP contribution in [0.25, 0.3) is 0 Å². The second-order valence-corrected chi connectivity index (χ2v) is 15.5. The van der Waals surface area contributed by atoms with E-state index in [9.17, 15) is 19.2 Å². The maximum absolute atomic E-state index is 14.6. The highest BCUT2D eigenvalue weighted by Crippen LogP contribution is 2.39. The van der Waals surface area contributed by atoms with Gasteiger partial charge in [0.25, 0.3) is 0 Å². The topological polar surface area (TPSA) is 112 Å². The number of hydrazine groups is 2. The molecule has 3 aliphatic heterocycles. The molecule has 1 aliphatic carbocycles. The van der Waals surface area contributed by atoms with Crippen LogP contribution in [-0.4, -0.2) is 67.7 Å². The van der Waals surface area contributed by atoms with Crippen molar-refractivity contribution in [2.75, 3.05) is 32.7 Å². The monoisotopic (exact) mass is 816 g/mol. The molecular formula is C42H40N8O4S3. The van der Waals surface area contributed by atoms with Gasteiger partial charge in [-0.25, -0.2) is 0 Å². The third kappa shape index (κ3) is 7.10. The lowest BCUT2D eigenvalue weighted by atomic mass is 9.93. The van der Waals surface area contributed by atoms with Crippen LogP contribution in [0.1, 0.15) is 38.5 Å². The molecule has 4 aliphatic rings. The molecule has 290 valence electrons. The average molecular weight is 817 g/mol. The molecule has 3 saturated heterocycles. The maximum Gasteiger partial charge on any atom is 0.247 e. The summed E-state index contributed by atoms with van der Waals surface area (Å²) >= 11 is 17.5. The van der Waals surface area contributed by atoms with E-state index in [4.69, 9.17) is 36.7 Å². The zero-order valence-corrected chi connectivity index (χ0v) is 33.3. The predicted molar refractivity (Wildman–Crippen MR) is 231 cm³/mol. The van der Waals surface area contributed by atoms with E-state index in [0.29, 0.717) is 35.6 Å². The molecule has 12 nitrogen and oxygen atoms in total. The maximum atomic E-state index is 14.6. The number of carbonyl (C=O) groups excluding carboxylic acids is 4. The van der Waals surface area contributed by atoms with Crippen LogP contribution >= 0.6 is 36.7 Å². The highest BCUT2D eigenvalue weighted by atomic mass is 32.1. The van der Waals surface area contributed by atoms with Gasteiger partial charge in [0.1, 0.15) is 17.5 Å². The van der Waals surface area contributed by atoms with E-state index in [-0.39, 0.29) is 28.4 Å². The molecule has 4 fully saturated rings. The van der Waals surface area contributed by atoms with Crippen molar-refractivity contribution in [1.29, 1.82) is 0 Å². The molecule has 4 aromatic carbocycles. The fourth-order valence-corrected chi connectivity index (χ4v) is 9.24. The fourth-order valence-electron chi connectivity index (χ4n) is 8.24. The Morgan fingerprint density at radius 2 is 0.737 bits per heavy atom. The Kier molecular flexibility index (Phi) is 10.9. The molecule has 1 spiro atoms. The summed E-state index contributed by atoms with van der Waals surface area (Å²) in [5.74, 6) is -4.27. The summed E-state index contributed by atoms with van der Waals surface area (Å²) in [4.78, 5) is 64.2. The molecule has 0 bridgehead atoms. The number of hydrogen-bond acceptors (Lipinski definition) is 9. The summed E-state index contributed by atoms with van der Waals surface area (Å²) in [6, 6.07) is 36.2. The molecule has 8 rings (SSSR count). The van der Waals surface area contributed by atoms with Crippen molar-refractivity contribution in [1.82, 2.24) is 20.9 Å². The average Bonchev–Trinajstić information content (AvgIpc) is 3.48. The Morgan fingerprint density at radius 3 is 1.02 bits per heavy atom. The first kappa shape index (κ1) is 38.4. The molecule has 4 amide bonds. The van der Waals surface area contributed by atoms with Crippen LogP contribution in [0.4, 0.5) is 22.7 Å². The number of anilines is 4. The van der Waals surface area contributed by atoms with Crippen molar-refractivity contribution in [3.05, 3.63) is 121 Å². The van der Waals surface area contributed by atoms with E-state index >= 15 is 0 Å². The van der Waals surface area contributed by atoms with Crippen LogP contribution < -0.4 is 30.5 Å². The van der Waals surface area contributed by atoms with E-state index in [1.165, 1.54) is 19.6 Å². The van der Waals surface area contributed by atoms with Gasteiger partial charge in [-0.1, -0.05) is 98.5 Å². The van der Waals surface area contributed by atoms with Crippen molar-refractivity contribution in [2.45, 2.75) is 44.2 Å². The Bertz CT molecular complexity index is 1940. The number of nitrogens with one attached hydrogen (secondary N) is 2. The van der Waals surface area contributed by atoms with Crippen LogP contribution in [0.5, 0.6) is 0 Å². The lowest BCUT2D eigenvalue weighted by Crippen LogP contribution is -2.78. The van der Waals surface area contributed by atoms with Gasteiger partial charge in [-0.3, -0.25) is 49.6 Å². The highest BCUT2D eigenvalue weighted by molar-refractivity contribution is 7.81. The molecule has 4 aromatic rings. The number of hydrogen-bond donors (Lipinski definition) is 2. The van der Waals surface area contributed by atoms with Gasteiger partial charge in [-0.05, 0) is 98.0 Å². The number of para-hydroxylation sites is 4. The van der Waals surface area contributed by atoms with E-state index in [1.54, 1.807) is 48.5 Å². The van der Waals surface area contributed by atoms with Crippen molar-refractivity contribution in [2.24, 2.45) is 11.8 Å². The Morgan fingerprint density at radius 1 is 0.456 bits per heavy atom. The zero-order chi connectivity index (χ0) is 39.7. The van der Waals surface area contributed by atoms with Crippen molar-refractivity contribution >= 4 is 98.4 Å². The van der Waals surface area contributed by atoms with E-state index in [1.807, 2.05) is 82.8 Å². The molecule has 0 aromatic heterocycles. The SMILES string of the molecule is O=C1C(CN2NC(=S)NN(CC3C(=O)N(c4ccccc4)C(=S)N(c4ccccc4)C3=O)C23CCCCCC3)C(=O)N(c2ccccc2)C(=S)N1c1ccccc1. The van der Waals surface area contributed by atoms with Crippen LogP contribution in [0, 0.1) is 11.8 Å². The standard InChI is InChI=1S/C42H40N8O4S3/c51-35-33(36(52)48(30-19-9-4-10-20-30)40(56)47(35)29-17-7-3-8-18-29)27-45-42(25-15-1-2-16-26-42)46(44-39(55)43-45)28-34-37(53)49(31-21-11-5-12-22-31)41(57)50(38(34)54)32-23-13-6-14-24-32/h3-14,17-24,33-34H,1-2,15-16,25-28H2,(H2,43,44,55). The first-order valence-electron chi connectivity index (χ1n) is 19.0. The fraction of sp³-hybridized carbons (Fsp3) is 0.262. The second kappa shape index (κ2) is 16.2. The zero-order valence-electron chi connectivity index (χ0n) is 30.9. The quantitative estimate of drug-likeness (QED) is 0.164. The Balaban J connectivity index is 1.18. The molecule has 0 radical (unpaired) electrons. The lowest BCUT2D eigenvalue weighted by molar-refractivity contribution is -0.153. The number of rotatable bonds is 8. The Labute approximate surface area is 346 Å². The largest absolute Gasteiger partial charge is 0.293 e. The molecular weight excluding hydrogens is 777 g/mol. The van der Waals surface area contributed by atoms with Gasteiger partial charge in [0.2, 0.25) is 23.6 Å². The smallest absolute Gasteiger partial charge is 0.247 e. The van der Waals surface area contributed by atoms with Gasteiger partial charge in [0.05, 0.1) is 22.7 Å². The molecule has 15 heteroatoms. The predicted octanol–water partition coefficient (Wildman–Crippen LogP) is 5.91. The second-order valence-electron chi connectivity index (χ2n) is 14.4. The molecule has 0 unspecified atom stereocenters. The number of carbonyl (C=O) groups is 4. The van der Waals surface area contributed by atoms with Gasteiger partial charge in [0, 0.05) is 13.1 Å². The summed E-state index contributed by atoms with van der Waals surface area (Å²) in [7, 11) is 0. The summed E-state index contributed by atoms with van der Waals surface area (Å²) in [6.45, 7) is -0.150. The number of thiocarbonyl (C=S) groups is 3. The minimum atomic E-state index is -1.20. The minimum Gasteiger partial charge on any atom is -0.293 e. The first-order chi connectivity index (χ1) is 27.7. The van der Waals surface area contributed by atoms with Crippen molar-refractivity contribution in [3.63, 3.8) is 0 Å². The third-order valence-corrected chi connectivity index (χ3v) is 11.9.